The Labute approximate surface area is 121 Å². The second-order valence-electron chi connectivity index (χ2n) is 4.94. The molecule has 3 nitrogen and oxygen atoms in total. The molecule has 1 aromatic carbocycles. The Balaban J connectivity index is 2.66. The summed E-state index contributed by atoms with van der Waals surface area (Å²) in [7, 11) is 0. The van der Waals surface area contributed by atoms with Gasteiger partial charge in [0.05, 0.1) is 5.56 Å². The van der Waals surface area contributed by atoms with E-state index in [1.165, 1.54) is 0 Å². The van der Waals surface area contributed by atoms with E-state index in [0.717, 1.165) is 0 Å². The molecule has 0 spiro atoms. The molecule has 0 saturated carbocycles. The predicted molar refractivity (Wildman–Crippen MR) is 77.0 cm³/mol. The number of aliphatic hydroxyl groups is 1. The van der Waals surface area contributed by atoms with Gasteiger partial charge in [-0.2, -0.15) is 0 Å². The fourth-order valence-electron chi connectivity index (χ4n) is 1.48. The van der Waals surface area contributed by atoms with Crippen LogP contribution in [0.15, 0.2) is 22.7 Å². The summed E-state index contributed by atoms with van der Waals surface area (Å²) in [5.74, 6) is -0.149. The van der Waals surface area contributed by atoms with Gasteiger partial charge in [-0.3, -0.25) is 4.79 Å². The van der Waals surface area contributed by atoms with Gasteiger partial charge in [-0.1, -0.05) is 25.4 Å². The van der Waals surface area contributed by atoms with E-state index in [2.05, 4.69) is 21.2 Å². The lowest BCUT2D eigenvalue weighted by Gasteiger charge is -2.23. The van der Waals surface area contributed by atoms with Gasteiger partial charge in [-0.05, 0) is 46.0 Å². The van der Waals surface area contributed by atoms with Crippen molar-refractivity contribution in [3.8, 4) is 0 Å². The van der Waals surface area contributed by atoms with Crippen molar-refractivity contribution in [1.29, 1.82) is 0 Å². The Hall–Kier alpha value is -0.580. The second kappa shape index (κ2) is 6.55. The molecule has 1 amide bonds. The average molecular weight is 335 g/mol. The maximum atomic E-state index is 12.0. The van der Waals surface area contributed by atoms with Gasteiger partial charge < -0.3 is 10.4 Å². The smallest absolute Gasteiger partial charge is 0.252 e. The fraction of sp³-hybridized carbons (Fsp3) is 0.462. The van der Waals surface area contributed by atoms with Gasteiger partial charge in [0.25, 0.3) is 5.91 Å². The topological polar surface area (TPSA) is 49.3 Å². The number of hydrogen-bond donors (Lipinski definition) is 2. The van der Waals surface area contributed by atoms with Crippen LogP contribution in [0.4, 0.5) is 0 Å². The third-order valence-corrected chi connectivity index (χ3v) is 3.58. The SMILES string of the molecule is CC(C)(CCO)CNC(=O)c1ccc(Cl)cc1Br. The lowest BCUT2D eigenvalue weighted by Crippen LogP contribution is -2.34. The predicted octanol–water partition coefficient (Wildman–Crippen LogP) is 3.24. The molecule has 0 heterocycles. The summed E-state index contributed by atoms with van der Waals surface area (Å²) < 4.78 is 0.674. The van der Waals surface area contributed by atoms with Crippen molar-refractivity contribution in [2.75, 3.05) is 13.2 Å². The van der Waals surface area contributed by atoms with Crippen LogP contribution in [0.1, 0.15) is 30.6 Å². The highest BCUT2D eigenvalue weighted by atomic mass is 79.9. The van der Waals surface area contributed by atoms with Crippen LogP contribution in [0, 0.1) is 5.41 Å². The van der Waals surface area contributed by atoms with Crippen LogP contribution in [-0.4, -0.2) is 24.2 Å². The molecule has 0 bridgehead atoms. The first kappa shape index (κ1) is 15.5. The van der Waals surface area contributed by atoms with E-state index in [-0.39, 0.29) is 17.9 Å². The first-order valence-corrected chi connectivity index (χ1v) is 6.87. The molecule has 0 atom stereocenters. The standard InChI is InChI=1S/C13H17BrClNO2/c1-13(2,5-6-17)8-16-12(18)10-4-3-9(15)7-11(10)14/h3-4,7,17H,5-6,8H2,1-2H3,(H,16,18). The van der Waals surface area contributed by atoms with Crippen molar-refractivity contribution in [2.45, 2.75) is 20.3 Å². The molecule has 1 rings (SSSR count). The third-order valence-electron chi connectivity index (χ3n) is 2.69. The van der Waals surface area contributed by atoms with E-state index < -0.39 is 0 Å². The molecule has 0 saturated heterocycles. The Bertz CT molecular complexity index is 435. The first-order chi connectivity index (χ1) is 8.35. The highest BCUT2D eigenvalue weighted by molar-refractivity contribution is 9.10. The van der Waals surface area contributed by atoms with Crippen LogP contribution < -0.4 is 5.32 Å². The largest absolute Gasteiger partial charge is 0.396 e. The minimum Gasteiger partial charge on any atom is -0.396 e. The van der Waals surface area contributed by atoms with Crippen molar-refractivity contribution < 1.29 is 9.90 Å². The number of nitrogens with one attached hydrogen (secondary N) is 1. The highest BCUT2D eigenvalue weighted by Gasteiger charge is 2.19. The van der Waals surface area contributed by atoms with Crippen LogP contribution >= 0.6 is 27.5 Å². The molecule has 0 aliphatic heterocycles. The first-order valence-electron chi connectivity index (χ1n) is 5.70. The zero-order valence-corrected chi connectivity index (χ0v) is 12.8. The number of halogens is 2. The maximum Gasteiger partial charge on any atom is 0.252 e. The highest BCUT2D eigenvalue weighted by Crippen LogP contribution is 2.22. The van der Waals surface area contributed by atoms with Gasteiger partial charge in [-0.25, -0.2) is 0 Å². The summed E-state index contributed by atoms with van der Waals surface area (Å²) in [6, 6.07) is 5.05. The number of aliphatic hydroxyl groups excluding tert-OH is 1. The van der Waals surface area contributed by atoms with Gasteiger partial charge in [0, 0.05) is 22.6 Å². The van der Waals surface area contributed by atoms with Crippen LogP contribution in [0.25, 0.3) is 0 Å². The zero-order chi connectivity index (χ0) is 13.8. The molecule has 0 aliphatic carbocycles. The molecule has 0 fully saturated rings. The fourth-order valence-corrected chi connectivity index (χ4v) is 2.34. The van der Waals surface area contributed by atoms with Crippen molar-refractivity contribution in [2.24, 2.45) is 5.41 Å². The monoisotopic (exact) mass is 333 g/mol. The maximum absolute atomic E-state index is 12.0. The Morgan fingerprint density at radius 3 is 2.72 bits per heavy atom. The number of rotatable bonds is 5. The molecule has 100 valence electrons. The number of carbonyl (C=O) groups is 1. The van der Waals surface area contributed by atoms with Crippen LogP contribution in [0.2, 0.25) is 5.02 Å². The van der Waals surface area contributed by atoms with Crippen molar-refractivity contribution >= 4 is 33.4 Å². The van der Waals surface area contributed by atoms with E-state index in [1.54, 1.807) is 18.2 Å². The molecule has 1 aromatic rings. The Morgan fingerprint density at radius 2 is 2.17 bits per heavy atom. The Kier molecular flexibility index (Phi) is 5.63. The van der Waals surface area contributed by atoms with E-state index >= 15 is 0 Å². The summed E-state index contributed by atoms with van der Waals surface area (Å²) in [5.41, 5.74) is 0.433. The molecule has 0 radical (unpaired) electrons. The minimum absolute atomic E-state index is 0.119. The summed E-state index contributed by atoms with van der Waals surface area (Å²) in [6.07, 6.45) is 0.648. The number of benzene rings is 1. The van der Waals surface area contributed by atoms with E-state index in [9.17, 15) is 4.79 Å². The van der Waals surface area contributed by atoms with Gasteiger partial charge in [0.15, 0.2) is 0 Å². The van der Waals surface area contributed by atoms with E-state index in [1.807, 2.05) is 13.8 Å². The zero-order valence-electron chi connectivity index (χ0n) is 10.5. The molecule has 18 heavy (non-hydrogen) atoms. The molecular weight excluding hydrogens is 318 g/mol. The van der Waals surface area contributed by atoms with Crippen molar-refractivity contribution in [1.82, 2.24) is 5.32 Å². The minimum atomic E-state index is -0.149. The van der Waals surface area contributed by atoms with Crippen LogP contribution in [0.5, 0.6) is 0 Å². The van der Waals surface area contributed by atoms with Crippen molar-refractivity contribution in [3.05, 3.63) is 33.3 Å². The Morgan fingerprint density at radius 1 is 1.50 bits per heavy atom. The van der Waals surface area contributed by atoms with Gasteiger partial charge in [0.2, 0.25) is 0 Å². The lowest BCUT2D eigenvalue weighted by molar-refractivity contribution is 0.0927. The number of carbonyl (C=O) groups excluding carboxylic acids is 1. The van der Waals surface area contributed by atoms with Gasteiger partial charge in [-0.15, -0.1) is 0 Å². The molecule has 0 aromatic heterocycles. The average Bonchev–Trinajstić information content (AvgIpc) is 2.26. The molecular formula is C13H17BrClNO2. The normalized spacial score (nSPS) is 11.4. The van der Waals surface area contributed by atoms with E-state index in [4.69, 9.17) is 16.7 Å². The quantitative estimate of drug-likeness (QED) is 0.868. The molecule has 2 N–H and O–H groups in total. The summed E-state index contributed by atoms with van der Waals surface area (Å²) in [6.45, 7) is 4.63. The van der Waals surface area contributed by atoms with E-state index in [0.29, 0.717) is 28.0 Å². The summed E-state index contributed by atoms with van der Waals surface area (Å²) in [4.78, 5) is 12.0. The van der Waals surface area contributed by atoms with Gasteiger partial charge in [0.1, 0.15) is 0 Å². The second-order valence-corrected chi connectivity index (χ2v) is 6.24. The lowest BCUT2D eigenvalue weighted by atomic mass is 9.89. The van der Waals surface area contributed by atoms with Crippen molar-refractivity contribution in [3.63, 3.8) is 0 Å². The summed E-state index contributed by atoms with van der Waals surface area (Å²) >= 11 is 9.14. The van der Waals surface area contributed by atoms with Crippen LogP contribution in [-0.2, 0) is 0 Å². The molecule has 0 unspecified atom stereocenters. The number of amides is 1. The molecule has 0 aliphatic rings. The summed E-state index contributed by atoms with van der Waals surface area (Å²) in [5, 5.41) is 12.4. The number of hydrogen-bond acceptors (Lipinski definition) is 2. The van der Waals surface area contributed by atoms with Gasteiger partial charge >= 0.3 is 0 Å². The molecule has 5 heteroatoms. The third kappa shape index (κ3) is 4.59. The van der Waals surface area contributed by atoms with Crippen LogP contribution in [0.3, 0.4) is 0 Å².